The summed E-state index contributed by atoms with van der Waals surface area (Å²) < 4.78 is 0. The van der Waals surface area contributed by atoms with E-state index in [1.165, 1.54) is 5.32 Å². The van der Waals surface area contributed by atoms with Crippen molar-refractivity contribution in [2.45, 2.75) is 65.0 Å². The number of hydrogen-bond acceptors (Lipinski definition) is 23. The van der Waals surface area contributed by atoms with Crippen molar-refractivity contribution in [3.05, 3.63) is 11.6 Å². The molecular formula is C19H28N4O20. The summed E-state index contributed by atoms with van der Waals surface area (Å²) in [7, 11) is 0.249. The Kier molecular flexibility index (Phi) is 7.53. The molecule has 24 heteroatoms. The van der Waals surface area contributed by atoms with Crippen LogP contribution in [-0.4, -0.2) is 167 Å². The first-order chi connectivity index (χ1) is 19.0. The van der Waals surface area contributed by atoms with Crippen molar-refractivity contribution in [1.82, 2.24) is 10.2 Å². The van der Waals surface area contributed by atoms with Crippen molar-refractivity contribution < 1.29 is 102 Å². The molecule has 20 N–H and O–H groups in total. The fourth-order valence-corrected chi connectivity index (χ4v) is 4.88. The minimum absolute atomic E-state index is 0.247. The molecule has 2 aliphatic rings. The summed E-state index contributed by atoms with van der Waals surface area (Å²) in [6.07, 6.45) is -6.34. The normalized spacial score (nSPS) is 31.8. The van der Waals surface area contributed by atoms with Gasteiger partial charge in [-0.3, -0.25) is 4.79 Å². The number of nitrogens with one attached hydrogen (secondary N) is 1. The van der Waals surface area contributed by atoms with Crippen LogP contribution in [0, 0.1) is 0 Å². The van der Waals surface area contributed by atoms with Crippen LogP contribution in [0.3, 0.4) is 0 Å². The Morgan fingerprint density at radius 3 is 1.86 bits per heavy atom. The minimum atomic E-state index is -5.04. The maximum Gasteiger partial charge on any atom is 0.405 e. The molecule has 2 heterocycles. The van der Waals surface area contributed by atoms with Crippen molar-refractivity contribution in [2.75, 3.05) is 7.05 Å². The van der Waals surface area contributed by atoms with E-state index < -0.39 is 104 Å². The molecule has 0 spiro atoms. The van der Waals surface area contributed by atoms with E-state index in [2.05, 4.69) is 10.2 Å². The Balaban J connectivity index is 2.30. The van der Waals surface area contributed by atoms with Gasteiger partial charge in [-0.1, -0.05) is 5.11 Å². The van der Waals surface area contributed by atoms with E-state index >= 15 is 0 Å². The molecule has 0 aromatic heterocycles. The number of benzene rings is 1. The largest absolute Gasteiger partial charge is 0.504 e. The molecule has 2 fully saturated rings. The summed E-state index contributed by atoms with van der Waals surface area (Å²) in [6, 6.07) is -6.15. The number of phenols is 4. The number of aromatic hydroxyl groups is 4. The number of hydrogen-bond donors (Lipinski definition) is 20. The minimum Gasteiger partial charge on any atom is -0.504 e. The average Bonchev–Trinajstić information content (AvgIpc) is 2.86. The number of nitrogens with zero attached hydrogens (tertiary/aromatic N) is 3. The van der Waals surface area contributed by atoms with Crippen molar-refractivity contribution in [1.29, 1.82) is 0 Å². The van der Waals surface area contributed by atoms with E-state index in [9.17, 15) is 86.5 Å². The molecule has 2 bridgehead atoms. The Bertz CT molecular complexity index is 1340. The molecule has 3 rings (SSSR count). The summed E-state index contributed by atoms with van der Waals surface area (Å²) in [5, 5.41) is 201. The third-order valence-corrected chi connectivity index (χ3v) is 7.37. The molecule has 0 aliphatic carbocycles. The Labute approximate surface area is 235 Å². The van der Waals surface area contributed by atoms with E-state index in [0.717, 1.165) is 0 Å². The number of fused-ring (bicyclic) bond motifs is 2. The molecule has 4 unspecified atom stereocenters. The van der Waals surface area contributed by atoms with Gasteiger partial charge in [0, 0.05) is 5.56 Å². The maximum atomic E-state index is 13.3. The third kappa shape index (κ3) is 4.37. The second kappa shape index (κ2) is 9.42. The van der Waals surface area contributed by atoms with Gasteiger partial charge in [-0.2, -0.15) is 5.11 Å². The lowest BCUT2D eigenvalue weighted by Crippen LogP contribution is -2.94. The first-order valence-electron chi connectivity index (χ1n) is 11.3. The number of carbonyl (C=O) groups excluding carboxylic acids is 1. The van der Waals surface area contributed by atoms with Gasteiger partial charge in [-0.05, 0) is 13.1 Å². The first kappa shape index (κ1) is 34.3. The molecule has 24 nitrogen and oxygen atoms in total. The van der Waals surface area contributed by atoms with Crippen LogP contribution in [0.4, 0.5) is 0 Å². The van der Waals surface area contributed by atoms with Crippen LogP contribution in [0.5, 0.6) is 23.0 Å². The van der Waals surface area contributed by atoms with Crippen LogP contribution in [-0.2, 0) is 4.79 Å². The van der Waals surface area contributed by atoms with E-state index in [-0.39, 0.29) is 13.1 Å². The predicted octanol–water partition coefficient (Wildman–Crippen LogP) is -9.79. The zero-order chi connectivity index (χ0) is 33.7. The second-order valence-corrected chi connectivity index (χ2v) is 10.0. The molecule has 1 aromatic carbocycles. The van der Waals surface area contributed by atoms with Gasteiger partial charge in [0.2, 0.25) is 34.6 Å². The predicted molar refractivity (Wildman–Crippen MR) is 120 cm³/mol. The number of phenolic OH excluding ortho intramolecular Hbond substituents is 4. The van der Waals surface area contributed by atoms with Crippen LogP contribution >= 0.6 is 0 Å². The lowest BCUT2D eigenvalue weighted by Gasteiger charge is -2.64. The molecule has 244 valence electrons. The van der Waals surface area contributed by atoms with Crippen LogP contribution < -0.4 is 5.32 Å². The number of carbonyl (C=O) groups is 1. The molecule has 0 saturated carbocycles. The zero-order valence-corrected chi connectivity index (χ0v) is 21.2. The number of azo groups is 1. The Hall–Kier alpha value is -3.15. The van der Waals surface area contributed by atoms with Crippen molar-refractivity contribution in [2.24, 2.45) is 10.2 Å². The van der Waals surface area contributed by atoms with Crippen LogP contribution in [0.25, 0.3) is 0 Å². The summed E-state index contributed by atoms with van der Waals surface area (Å²) in [5.74, 6) is -31.6. The van der Waals surface area contributed by atoms with Crippen LogP contribution in [0.1, 0.15) is 18.0 Å². The number of piperidine rings is 1. The lowest BCUT2D eigenvalue weighted by atomic mass is 9.73. The standard InChI is InChI=1S/C19H28N4O20/c1-23-12(29)3-13(30,31)17(37,38)18(39,40)16(23,36)15(34,35)11(14(12,32)33)20-10(28)6(21-22-19(41,42)43)4-2-5(24)8(26)9(27)7(4)25/h2,6,11,24-27,29-43H,3H2,1H3,(H,20,28). The summed E-state index contributed by atoms with van der Waals surface area (Å²) in [5.41, 5.74) is -9.95. The van der Waals surface area contributed by atoms with E-state index in [1.54, 1.807) is 0 Å². The van der Waals surface area contributed by atoms with E-state index in [4.69, 9.17) is 15.3 Å². The molecule has 43 heavy (non-hydrogen) atoms. The number of aliphatic hydroxyl groups is 15. The number of rotatable bonds is 5. The highest BCUT2D eigenvalue weighted by Gasteiger charge is 2.89. The van der Waals surface area contributed by atoms with Gasteiger partial charge in [-0.15, -0.1) is 0 Å². The van der Waals surface area contributed by atoms with Crippen LogP contribution in [0.2, 0.25) is 0 Å². The first-order valence-corrected chi connectivity index (χ1v) is 11.3. The Morgan fingerprint density at radius 1 is 0.860 bits per heavy atom. The monoisotopic (exact) mass is 632 g/mol. The SMILES string of the molecule is CN1C2(O)CC(O)(O)C(O)(O)C(O)(O)C1(O)C(O)(O)C(NC(=O)C(N=NC(O)(O)O)c1cc(O)c(O)c(O)c1O)C2(O)O. The topological polar surface area (TPSA) is 441 Å². The fourth-order valence-electron chi connectivity index (χ4n) is 4.88. The molecule has 1 amide bonds. The maximum absolute atomic E-state index is 13.3. The van der Waals surface area contributed by atoms with Gasteiger partial charge in [0.25, 0.3) is 17.5 Å². The lowest BCUT2D eigenvalue weighted by molar-refractivity contribution is -0.538. The quantitative estimate of drug-likeness (QED) is 0.0619. The number of amides is 1. The van der Waals surface area contributed by atoms with Crippen molar-refractivity contribution in [3.8, 4) is 23.0 Å². The molecule has 4 atom stereocenters. The summed E-state index contributed by atoms with van der Waals surface area (Å²) in [4.78, 5) is 12.7. The molecule has 0 radical (unpaired) electrons. The van der Waals surface area contributed by atoms with Gasteiger partial charge in [-0.25, -0.2) is 4.90 Å². The van der Waals surface area contributed by atoms with E-state index in [0.29, 0.717) is 0 Å². The van der Waals surface area contributed by atoms with Crippen molar-refractivity contribution >= 4 is 5.91 Å². The average molecular weight is 632 g/mol. The highest BCUT2D eigenvalue weighted by atomic mass is 16.7. The van der Waals surface area contributed by atoms with Gasteiger partial charge in [0.1, 0.15) is 6.04 Å². The van der Waals surface area contributed by atoms with Crippen molar-refractivity contribution in [3.63, 3.8) is 0 Å². The van der Waals surface area contributed by atoms with Crippen LogP contribution in [0.15, 0.2) is 16.3 Å². The fraction of sp³-hybridized carbons (Fsp3) is 0.632. The molecule has 2 aliphatic heterocycles. The smallest absolute Gasteiger partial charge is 0.405 e. The summed E-state index contributed by atoms with van der Waals surface area (Å²) >= 11 is 0. The van der Waals surface area contributed by atoms with Gasteiger partial charge < -0.3 is 102 Å². The summed E-state index contributed by atoms with van der Waals surface area (Å²) in [6.45, 7) is 0. The van der Waals surface area contributed by atoms with E-state index in [1.807, 2.05) is 0 Å². The Morgan fingerprint density at radius 2 is 1.37 bits per heavy atom. The second-order valence-electron chi connectivity index (χ2n) is 10.0. The molecule has 2 saturated heterocycles. The van der Waals surface area contributed by atoms with Gasteiger partial charge >= 0.3 is 6.10 Å². The van der Waals surface area contributed by atoms with Gasteiger partial charge in [0.05, 0.1) is 6.42 Å². The zero-order valence-electron chi connectivity index (χ0n) is 21.2. The molecule has 1 aromatic rings. The number of likely N-dealkylation sites (N-methyl/N-ethyl adjacent to an activating group) is 1. The molecular weight excluding hydrogens is 604 g/mol. The highest BCUT2D eigenvalue weighted by Crippen LogP contribution is 2.57. The van der Waals surface area contributed by atoms with Gasteiger partial charge in [0.15, 0.2) is 23.3 Å². The highest BCUT2D eigenvalue weighted by molar-refractivity contribution is 5.85. The third-order valence-electron chi connectivity index (χ3n) is 7.37.